The molecule has 4 nitrogen and oxygen atoms in total. The highest BCUT2D eigenvalue weighted by Crippen LogP contribution is 2.39. The lowest BCUT2D eigenvalue weighted by atomic mass is 9.80. The molecule has 0 atom stereocenters. The lowest BCUT2D eigenvalue weighted by Gasteiger charge is -2.27. The van der Waals surface area contributed by atoms with E-state index in [2.05, 4.69) is 76.9 Å². The van der Waals surface area contributed by atoms with Crippen LogP contribution in [-0.4, -0.2) is 20.1 Å². The van der Waals surface area contributed by atoms with Gasteiger partial charge in [-0.15, -0.1) is 15.0 Å². The van der Waals surface area contributed by atoms with Crippen molar-refractivity contribution in [3.8, 4) is 11.4 Å². The molecule has 1 aromatic heterocycles. The van der Waals surface area contributed by atoms with Crippen LogP contribution >= 0.6 is 0 Å². The van der Waals surface area contributed by atoms with Gasteiger partial charge in [-0.1, -0.05) is 60.6 Å². The van der Waals surface area contributed by atoms with Crippen LogP contribution in [0.15, 0.2) is 30.3 Å². The first kappa shape index (κ1) is 18.4. The zero-order valence-corrected chi connectivity index (χ0v) is 16.9. The Balaban J connectivity index is 2.26. The number of fused-ring (bicyclic) bond motifs is 1. The number of aromatic hydroxyl groups is 1. The van der Waals surface area contributed by atoms with Crippen molar-refractivity contribution in [2.45, 2.75) is 65.7 Å². The summed E-state index contributed by atoms with van der Waals surface area (Å²) in [6.07, 6.45) is 0.960. The molecule has 1 N–H and O–H groups in total. The summed E-state index contributed by atoms with van der Waals surface area (Å²) in [5.41, 5.74) is 5.40. The molecule has 0 amide bonds. The van der Waals surface area contributed by atoms with E-state index in [-0.39, 0.29) is 16.6 Å². The molecule has 1 heterocycles. The molecule has 3 aromatic rings. The maximum atomic E-state index is 11.0. The second kappa shape index (κ2) is 6.11. The predicted octanol–water partition coefficient (Wildman–Crippen LogP) is 5.28. The average molecular weight is 351 g/mol. The van der Waals surface area contributed by atoms with Gasteiger partial charge in [-0.3, -0.25) is 0 Å². The van der Waals surface area contributed by atoms with E-state index in [0.29, 0.717) is 5.69 Å². The van der Waals surface area contributed by atoms with Gasteiger partial charge in [-0.25, -0.2) is 0 Å². The summed E-state index contributed by atoms with van der Waals surface area (Å²) in [7, 11) is 0. The van der Waals surface area contributed by atoms with Gasteiger partial charge < -0.3 is 5.11 Å². The highest BCUT2D eigenvalue weighted by atomic mass is 16.3. The van der Waals surface area contributed by atoms with E-state index in [9.17, 15) is 5.11 Å². The molecule has 0 saturated heterocycles. The molecule has 0 fully saturated rings. The Hall–Kier alpha value is -2.36. The minimum atomic E-state index is -0.179. The normalized spacial score (nSPS) is 12.7. The highest BCUT2D eigenvalue weighted by molar-refractivity contribution is 5.75. The molecule has 0 unspecified atom stereocenters. The number of benzene rings is 2. The Morgan fingerprint density at radius 3 is 2.12 bits per heavy atom. The van der Waals surface area contributed by atoms with E-state index in [0.717, 1.165) is 28.6 Å². The summed E-state index contributed by atoms with van der Waals surface area (Å²) in [5.74, 6) is 0.251. The van der Waals surface area contributed by atoms with Crippen LogP contribution in [0.5, 0.6) is 5.75 Å². The van der Waals surface area contributed by atoms with E-state index in [4.69, 9.17) is 0 Å². The summed E-state index contributed by atoms with van der Waals surface area (Å²) in [6, 6.07) is 10.2. The molecule has 0 saturated carbocycles. The Morgan fingerprint density at radius 2 is 1.54 bits per heavy atom. The maximum absolute atomic E-state index is 11.0. The summed E-state index contributed by atoms with van der Waals surface area (Å²) < 4.78 is 0. The van der Waals surface area contributed by atoms with Gasteiger partial charge in [0, 0.05) is 5.56 Å². The Kier molecular flexibility index (Phi) is 4.33. The van der Waals surface area contributed by atoms with Gasteiger partial charge in [-0.2, -0.15) is 0 Å². The summed E-state index contributed by atoms with van der Waals surface area (Å²) in [5, 5.41) is 20.2. The molecule has 26 heavy (non-hydrogen) atoms. The van der Waals surface area contributed by atoms with Gasteiger partial charge in [0.25, 0.3) is 0 Å². The number of hydrogen-bond acceptors (Lipinski definition) is 3. The number of hydrogen-bond donors (Lipinski definition) is 1. The third-order valence-electron chi connectivity index (χ3n) is 4.83. The van der Waals surface area contributed by atoms with Crippen molar-refractivity contribution >= 4 is 11.0 Å². The van der Waals surface area contributed by atoms with Crippen LogP contribution in [0.1, 0.15) is 65.2 Å². The lowest BCUT2D eigenvalue weighted by Crippen LogP contribution is -2.18. The largest absolute Gasteiger partial charge is 0.505 e. The smallest absolute Gasteiger partial charge is 0.146 e. The van der Waals surface area contributed by atoms with E-state index in [1.807, 2.05) is 12.1 Å². The van der Waals surface area contributed by atoms with E-state index >= 15 is 0 Å². The number of phenols is 1. The SMILES string of the molecule is CCc1ccc2nn(-c3cc(C(C)(C)C)cc(C(C)(C)C)c3O)nc2c1. The summed E-state index contributed by atoms with van der Waals surface area (Å²) in [6.45, 7) is 15.0. The fourth-order valence-electron chi connectivity index (χ4n) is 3.06. The summed E-state index contributed by atoms with van der Waals surface area (Å²) in [4.78, 5) is 1.57. The summed E-state index contributed by atoms with van der Waals surface area (Å²) >= 11 is 0. The number of aromatic nitrogens is 3. The van der Waals surface area contributed by atoms with Gasteiger partial charge in [0.2, 0.25) is 0 Å². The van der Waals surface area contributed by atoms with E-state index in [1.165, 1.54) is 5.56 Å². The molecule has 0 spiro atoms. The molecule has 4 heteroatoms. The number of aryl methyl sites for hydroxylation is 1. The standard InChI is InChI=1S/C22H29N3O/c1-8-14-9-10-17-18(11-14)24-25(23-17)19-13-15(21(2,3)4)12-16(20(19)26)22(5,6)7/h9-13,26H,8H2,1-7H3. The van der Waals surface area contributed by atoms with Crippen LogP contribution in [0, 0.1) is 0 Å². The van der Waals surface area contributed by atoms with Crippen molar-refractivity contribution in [2.75, 3.05) is 0 Å². The van der Waals surface area contributed by atoms with Gasteiger partial charge in [0.1, 0.15) is 22.5 Å². The van der Waals surface area contributed by atoms with Crippen molar-refractivity contribution < 1.29 is 5.11 Å². The zero-order chi connectivity index (χ0) is 19.3. The van der Waals surface area contributed by atoms with Gasteiger partial charge in [0.05, 0.1) is 0 Å². The number of nitrogens with zero attached hydrogens (tertiary/aromatic N) is 3. The van der Waals surface area contributed by atoms with E-state index < -0.39 is 0 Å². The Morgan fingerprint density at radius 1 is 0.885 bits per heavy atom. The van der Waals surface area contributed by atoms with Crippen LogP contribution in [0.25, 0.3) is 16.7 Å². The average Bonchev–Trinajstić information content (AvgIpc) is 2.95. The molecule has 0 aliphatic carbocycles. The number of rotatable bonds is 2. The minimum absolute atomic E-state index is 0.0373. The first-order valence-electron chi connectivity index (χ1n) is 9.25. The Labute approximate surface area is 155 Å². The second-order valence-electron chi connectivity index (χ2n) is 9.06. The molecule has 138 valence electrons. The molecule has 2 aromatic carbocycles. The quantitative estimate of drug-likeness (QED) is 0.683. The van der Waals surface area contributed by atoms with Gasteiger partial charge in [-0.05, 0) is 46.6 Å². The zero-order valence-electron chi connectivity index (χ0n) is 16.9. The number of phenolic OH excluding ortho intramolecular Hbond substituents is 1. The van der Waals surface area contributed by atoms with Crippen LogP contribution in [0.2, 0.25) is 0 Å². The molecule has 3 rings (SSSR count). The van der Waals surface area contributed by atoms with Gasteiger partial charge >= 0.3 is 0 Å². The minimum Gasteiger partial charge on any atom is -0.505 e. The van der Waals surface area contributed by atoms with Crippen molar-refractivity contribution in [1.82, 2.24) is 15.0 Å². The van der Waals surface area contributed by atoms with Crippen molar-refractivity contribution in [3.05, 3.63) is 47.0 Å². The van der Waals surface area contributed by atoms with Crippen molar-refractivity contribution in [2.24, 2.45) is 0 Å². The fourth-order valence-corrected chi connectivity index (χ4v) is 3.06. The first-order valence-corrected chi connectivity index (χ1v) is 9.25. The molecule has 0 radical (unpaired) electrons. The second-order valence-corrected chi connectivity index (χ2v) is 9.06. The predicted molar refractivity (Wildman–Crippen MR) is 107 cm³/mol. The van der Waals surface area contributed by atoms with Crippen LogP contribution in [0.3, 0.4) is 0 Å². The molecule has 0 aliphatic rings. The fraction of sp³-hybridized carbons (Fsp3) is 0.455. The van der Waals surface area contributed by atoms with Crippen molar-refractivity contribution in [1.29, 1.82) is 0 Å². The maximum Gasteiger partial charge on any atom is 0.146 e. The van der Waals surface area contributed by atoms with Crippen LogP contribution in [0.4, 0.5) is 0 Å². The lowest BCUT2D eigenvalue weighted by molar-refractivity contribution is 0.438. The van der Waals surface area contributed by atoms with Crippen molar-refractivity contribution in [3.63, 3.8) is 0 Å². The van der Waals surface area contributed by atoms with E-state index in [1.54, 1.807) is 4.80 Å². The van der Waals surface area contributed by atoms with Crippen LogP contribution in [-0.2, 0) is 17.3 Å². The Bertz CT molecular complexity index is 956. The molecule has 0 aliphatic heterocycles. The highest BCUT2D eigenvalue weighted by Gasteiger charge is 2.26. The first-order chi connectivity index (χ1) is 12.0. The molecule has 0 bridgehead atoms. The third kappa shape index (κ3) is 3.33. The van der Waals surface area contributed by atoms with Crippen LogP contribution < -0.4 is 0 Å². The molecular formula is C22H29N3O. The topological polar surface area (TPSA) is 50.9 Å². The third-order valence-corrected chi connectivity index (χ3v) is 4.83. The molecular weight excluding hydrogens is 322 g/mol. The van der Waals surface area contributed by atoms with Gasteiger partial charge in [0.15, 0.2) is 0 Å². The monoisotopic (exact) mass is 351 g/mol.